The van der Waals surface area contributed by atoms with Gasteiger partial charge in [0.05, 0.1) is 7.11 Å². The van der Waals surface area contributed by atoms with Crippen molar-refractivity contribution in [3.63, 3.8) is 0 Å². The summed E-state index contributed by atoms with van der Waals surface area (Å²) in [6, 6.07) is 0. The number of hydrogen-bond acceptors (Lipinski definition) is 3. The molecule has 0 radical (unpaired) electrons. The Labute approximate surface area is 66.9 Å². The highest BCUT2D eigenvalue weighted by Gasteiger charge is 2.41. The van der Waals surface area contributed by atoms with E-state index in [4.69, 9.17) is 5.73 Å². The Bertz CT molecular complexity index is 161. The van der Waals surface area contributed by atoms with Gasteiger partial charge in [0.25, 0.3) is 0 Å². The molecule has 64 valence electrons. The summed E-state index contributed by atoms with van der Waals surface area (Å²) in [6.07, 6.45) is 3.30. The van der Waals surface area contributed by atoms with Crippen LogP contribution >= 0.6 is 0 Å². The largest absolute Gasteiger partial charge is 0.468 e. The van der Waals surface area contributed by atoms with Gasteiger partial charge in [0.15, 0.2) is 0 Å². The molecule has 0 aliphatic heterocycles. The van der Waals surface area contributed by atoms with Gasteiger partial charge in [0, 0.05) is 0 Å². The van der Waals surface area contributed by atoms with E-state index in [0.29, 0.717) is 5.92 Å². The number of carbonyl (C=O) groups is 1. The molecule has 1 unspecified atom stereocenters. The second kappa shape index (κ2) is 2.81. The van der Waals surface area contributed by atoms with Crippen molar-refractivity contribution in [3.05, 3.63) is 0 Å². The van der Waals surface area contributed by atoms with E-state index in [2.05, 4.69) is 4.74 Å². The predicted octanol–water partition coefficient (Wildman–Crippen LogP) is 0.677. The Hall–Kier alpha value is -0.570. The summed E-state index contributed by atoms with van der Waals surface area (Å²) >= 11 is 0. The van der Waals surface area contributed by atoms with Gasteiger partial charge in [-0.2, -0.15) is 0 Å². The topological polar surface area (TPSA) is 52.3 Å². The summed E-state index contributed by atoms with van der Waals surface area (Å²) in [7, 11) is 1.38. The highest BCUT2D eigenvalue weighted by molar-refractivity contribution is 5.80. The number of carbonyl (C=O) groups excluding carboxylic acids is 1. The molecule has 1 rings (SSSR count). The van der Waals surface area contributed by atoms with Gasteiger partial charge in [0.1, 0.15) is 5.54 Å². The predicted molar refractivity (Wildman–Crippen MR) is 41.9 cm³/mol. The highest BCUT2D eigenvalue weighted by atomic mass is 16.5. The zero-order valence-electron chi connectivity index (χ0n) is 7.09. The molecular weight excluding hydrogens is 142 g/mol. The third-order valence-electron chi connectivity index (χ3n) is 2.58. The van der Waals surface area contributed by atoms with Crippen LogP contribution in [0, 0.1) is 5.92 Å². The molecular formula is C8H15NO2. The standard InChI is InChI=1S/C8H15NO2/c1-8(9,7(10)11-2)6-4-3-5-6/h6H,3-5,9H2,1-2H3. The average molecular weight is 157 g/mol. The van der Waals surface area contributed by atoms with Crippen LogP contribution in [0.1, 0.15) is 26.2 Å². The second-order valence-corrected chi connectivity index (χ2v) is 3.40. The van der Waals surface area contributed by atoms with Gasteiger partial charge in [-0.3, -0.25) is 4.79 Å². The van der Waals surface area contributed by atoms with Crippen molar-refractivity contribution in [3.8, 4) is 0 Å². The van der Waals surface area contributed by atoms with E-state index >= 15 is 0 Å². The minimum atomic E-state index is -0.757. The van der Waals surface area contributed by atoms with Crippen molar-refractivity contribution in [2.24, 2.45) is 11.7 Å². The lowest BCUT2D eigenvalue weighted by molar-refractivity contribution is -0.149. The lowest BCUT2D eigenvalue weighted by Gasteiger charge is -2.37. The number of methoxy groups -OCH3 is 1. The molecule has 1 atom stereocenters. The van der Waals surface area contributed by atoms with Gasteiger partial charge in [-0.25, -0.2) is 0 Å². The number of hydrogen-bond donors (Lipinski definition) is 1. The minimum Gasteiger partial charge on any atom is -0.468 e. The van der Waals surface area contributed by atoms with Gasteiger partial charge < -0.3 is 10.5 Å². The smallest absolute Gasteiger partial charge is 0.325 e. The van der Waals surface area contributed by atoms with E-state index < -0.39 is 5.54 Å². The SMILES string of the molecule is COC(=O)C(C)(N)C1CCC1. The van der Waals surface area contributed by atoms with E-state index in [1.807, 2.05) is 0 Å². The summed E-state index contributed by atoms with van der Waals surface area (Å²) in [5.41, 5.74) is 5.04. The van der Waals surface area contributed by atoms with E-state index in [-0.39, 0.29) is 5.97 Å². The fourth-order valence-electron chi connectivity index (χ4n) is 1.39. The van der Waals surface area contributed by atoms with Crippen LogP contribution in [0.15, 0.2) is 0 Å². The fraction of sp³-hybridized carbons (Fsp3) is 0.875. The molecule has 1 fully saturated rings. The van der Waals surface area contributed by atoms with Crippen molar-refractivity contribution in [2.75, 3.05) is 7.11 Å². The molecule has 0 bridgehead atoms. The number of esters is 1. The highest BCUT2D eigenvalue weighted by Crippen LogP contribution is 2.35. The summed E-state index contributed by atoms with van der Waals surface area (Å²) in [6.45, 7) is 1.75. The summed E-state index contributed by atoms with van der Waals surface area (Å²) in [4.78, 5) is 11.1. The van der Waals surface area contributed by atoms with Crippen molar-refractivity contribution in [2.45, 2.75) is 31.7 Å². The maximum Gasteiger partial charge on any atom is 0.325 e. The molecule has 0 aromatic rings. The maximum atomic E-state index is 11.1. The molecule has 3 nitrogen and oxygen atoms in total. The molecule has 11 heavy (non-hydrogen) atoms. The first-order chi connectivity index (χ1) is 5.09. The molecule has 1 aliphatic rings. The summed E-state index contributed by atoms with van der Waals surface area (Å²) < 4.78 is 4.61. The Kier molecular flexibility index (Phi) is 2.18. The van der Waals surface area contributed by atoms with Gasteiger partial charge in [0.2, 0.25) is 0 Å². The van der Waals surface area contributed by atoms with Gasteiger partial charge in [-0.15, -0.1) is 0 Å². The van der Waals surface area contributed by atoms with Crippen molar-refractivity contribution in [1.29, 1.82) is 0 Å². The lowest BCUT2D eigenvalue weighted by atomic mass is 9.72. The zero-order chi connectivity index (χ0) is 8.48. The van der Waals surface area contributed by atoms with Crippen LogP contribution in [-0.2, 0) is 9.53 Å². The quantitative estimate of drug-likeness (QED) is 0.599. The lowest BCUT2D eigenvalue weighted by Crippen LogP contribution is -2.54. The van der Waals surface area contributed by atoms with E-state index in [9.17, 15) is 4.79 Å². The van der Waals surface area contributed by atoms with Crippen LogP contribution < -0.4 is 5.73 Å². The molecule has 0 heterocycles. The Morgan fingerprint density at radius 3 is 2.45 bits per heavy atom. The van der Waals surface area contributed by atoms with E-state index in [1.165, 1.54) is 13.5 Å². The third kappa shape index (κ3) is 1.38. The first kappa shape index (κ1) is 8.53. The number of ether oxygens (including phenoxy) is 1. The average Bonchev–Trinajstić information content (AvgIpc) is 1.81. The first-order valence-electron chi connectivity index (χ1n) is 3.96. The van der Waals surface area contributed by atoms with E-state index in [0.717, 1.165) is 12.8 Å². The van der Waals surface area contributed by atoms with Crippen molar-refractivity contribution < 1.29 is 9.53 Å². The van der Waals surface area contributed by atoms with E-state index in [1.54, 1.807) is 6.92 Å². The molecule has 1 saturated carbocycles. The minimum absolute atomic E-state index is 0.290. The van der Waals surface area contributed by atoms with Crippen molar-refractivity contribution in [1.82, 2.24) is 0 Å². The maximum absolute atomic E-state index is 11.1. The Balaban J connectivity index is 2.56. The fourth-order valence-corrected chi connectivity index (χ4v) is 1.39. The second-order valence-electron chi connectivity index (χ2n) is 3.40. The van der Waals surface area contributed by atoms with Crippen LogP contribution in [0.5, 0.6) is 0 Å². The third-order valence-corrected chi connectivity index (χ3v) is 2.58. The van der Waals surface area contributed by atoms with Crippen LogP contribution in [0.2, 0.25) is 0 Å². The van der Waals surface area contributed by atoms with Crippen LogP contribution in [0.25, 0.3) is 0 Å². The molecule has 3 heteroatoms. The van der Waals surface area contributed by atoms with Gasteiger partial charge >= 0.3 is 5.97 Å². The Morgan fingerprint density at radius 2 is 2.18 bits per heavy atom. The molecule has 0 amide bonds. The molecule has 0 saturated heterocycles. The number of nitrogens with two attached hydrogens (primary N) is 1. The van der Waals surface area contributed by atoms with Crippen LogP contribution in [0.4, 0.5) is 0 Å². The molecule has 0 aromatic carbocycles. The zero-order valence-corrected chi connectivity index (χ0v) is 7.09. The molecule has 0 spiro atoms. The first-order valence-corrected chi connectivity index (χ1v) is 3.96. The van der Waals surface area contributed by atoms with Gasteiger partial charge in [-0.1, -0.05) is 6.42 Å². The summed E-state index contributed by atoms with van der Waals surface area (Å²) in [5, 5.41) is 0. The van der Waals surface area contributed by atoms with Gasteiger partial charge in [-0.05, 0) is 25.7 Å². The summed E-state index contributed by atoms with van der Waals surface area (Å²) in [5.74, 6) is 0.0390. The Morgan fingerprint density at radius 1 is 1.64 bits per heavy atom. The number of rotatable bonds is 2. The van der Waals surface area contributed by atoms with Crippen LogP contribution in [-0.4, -0.2) is 18.6 Å². The van der Waals surface area contributed by atoms with Crippen molar-refractivity contribution >= 4 is 5.97 Å². The van der Waals surface area contributed by atoms with Crippen LogP contribution in [0.3, 0.4) is 0 Å². The normalized spacial score (nSPS) is 23.5. The monoisotopic (exact) mass is 157 g/mol. The molecule has 0 aromatic heterocycles. The molecule has 1 aliphatic carbocycles. The molecule has 2 N–H and O–H groups in total.